The molecule has 0 aliphatic heterocycles. The first-order valence-electron chi connectivity index (χ1n) is 12.1. The van der Waals surface area contributed by atoms with Crippen molar-refractivity contribution in [1.82, 2.24) is 9.78 Å². The molecule has 0 atom stereocenters. The van der Waals surface area contributed by atoms with Crippen LogP contribution in [0.3, 0.4) is 0 Å². The highest BCUT2D eigenvalue weighted by atomic mass is 16.5. The van der Waals surface area contributed by atoms with E-state index in [1.807, 2.05) is 30.3 Å². The Morgan fingerprint density at radius 2 is 1.91 bits per heavy atom. The van der Waals surface area contributed by atoms with Gasteiger partial charge < -0.3 is 15.2 Å². The van der Waals surface area contributed by atoms with Gasteiger partial charge in [-0.15, -0.1) is 0 Å². The van der Waals surface area contributed by atoms with E-state index in [4.69, 9.17) is 4.74 Å². The summed E-state index contributed by atoms with van der Waals surface area (Å²) in [5, 5.41) is 17.5. The molecule has 6 nitrogen and oxygen atoms in total. The number of aromatic nitrogens is 2. The second-order valence-corrected chi connectivity index (χ2v) is 9.20. The third-order valence-corrected chi connectivity index (χ3v) is 6.52. The second kappa shape index (κ2) is 11.1. The zero-order valence-corrected chi connectivity index (χ0v) is 20.5. The van der Waals surface area contributed by atoms with Crippen molar-refractivity contribution in [2.75, 3.05) is 5.32 Å². The minimum Gasteiger partial charge on any atom is -0.506 e. The maximum atomic E-state index is 12.4. The van der Waals surface area contributed by atoms with Crippen LogP contribution in [0.5, 0.6) is 5.75 Å². The monoisotopic (exact) mass is 471 g/mol. The molecule has 35 heavy (non-hydrogen) atoms. The van der Waals surface area contributed by atoms with Gasteiger partial charge in [0, 0.05) is 18.7 Å². The molecule has 2 aromatic carbocycles. The molecular weight excluding hydrogens is 438 g/mol. The van der Waals surface area contributed by atoms with E-state index in [9.17, 15) is 9.90 Å². The van der Waals surface area contributed by atoms with Crippen molar-refractivity contribution in [2.45, 2.75) is 45.6 Å². The number of carbonyl (C=O) groups excluding carboxylic acids is 1. The molecule has 0 bridgehead atoms. The number of nitrogens with zero attached hydrogens (tertiary/aromatic N) is 2. The summed E-state index contributed by atoms with van der Waals surface area (Å²) in [7, 11) is 1.79. The number of aldehydes is 1. The van der Waals surface area contributed by atoms with Crippen LogP contribution in [-0.2, 0) is 18.4 Å². The molecule has 0 radical (unpaired) electrons. The van der Waals surface area contributed by atoms with E-state index >= 15 is 0 Å². The van der Waals surface area contributed by atoms with E-state index in [1.165, 1.54) is 12.0 Å². The first kappa shape index (κ1) is 24.3. The maximum Gasteiger partial charge on any atom is 0.148 e. The number of benzene rings is 2. The molecule has 1 saturated carbocycles. The van der Waals surface area contributed by atoms with Crippen LogP contribution in [-0.4, -0.2) is 21.2 Å². The highest BCUT2D eigenvalue weighted by Gasteiger charge is 2.23. The van der Waals surface area contributed by atoms with Crippen LogP contribution in [0.1, 0.15) is 54.5 Å². The topological polar surface area (TPSA) is 76.4 Å². The number of rotatable bonds is 9. The van der Waals surface area contributed by atoms with Crippen LogP contribution >= 0.6 is 0 Å². The van der Waals surface area contributed by atoms with E-state index in [-0.39, 0.29) is 11.7 Å². The Kier molecular flexibility index (Phi) is 7.70. The second-order valence-electron chi connectivity index (χ2n) is 9.20. The summed E-state index contributed by atoms with van der Waals surface area (Å²) in [6.07, 6.45) is 6.45. The molecule has 1 heterocycles. The van der Waals surface area contributed by atoms with Crippen LogP contribution in [0.2, 0.25) is 0 Å². The molecule has 1 aromatic heterocycles. The summed E-state index contributed by atoms with van der Waals surface area (Å²) in [4.78, 5) is 12.4. The number of ether oxygens (including phenoxy) is 1. The highest BCUT2D eigenvalue weighted by molar-refractivity contribution is 5.93. The number of hydrogen-bond donors (Lipinski definition) is 2. The molecule has 3 aromatic rings. The fourth-order valence-corrected chi connectivity index (χ4v) is 4.62. The molecule has 1 aliphatic rings. The van der Waals surface area contributed by atoms with Gasteiger partial charge in [0.05, 0.1) is 5.70 Å². The van der Waals surface area contributed by atoms with Crippen molar-refractivity contribution in [3.05, 3.63) is 89.1 Å². The Morgan fingerprint density at radius 3 is 2.54 bits per heavy atom. The lowest BCUT2D eigenvalue weighted by molar-refractivity contribution is -0.105. The summed E-state index contributed by atoms with van der Waals surface area (Å²) in [6.45, 7) is 6.13. The van der Waals surface area contributed by atoms with Crippen molar-refractivity contribution in [2.24, 2.45) is 13.0 Å². The smallest absolute Gasteiger partial charge is 0.148 e. The molecule has 6 heteroatoms. The molecule has 182 valence electrons. The number of aliphatic hydroxyl groups is 1. The third kappa shape index (κ3) is 6.01. The van der Waals surface area contributed by atoms with Crippen LogP contribution < -0.4 is 10.1 Å². The molecule has 4 rings (SSSR count). The van der Waals surface area contributed by atoms with Gasteiger partial charge >= 0.3 is 0 Å². The lowest BCUT2D eigenvalue weighted by Crippen LogP contribution is -2.16. The predicted molar refractivity (Wildman–Crippen MR) is 140 cm³/mol. The SMILES string of the molecule is C=C(O)c1cc(N/C(=C(\C=O)C2CCCCC2)c2ccc(OCc3cccc(C)c3)cc2)n(C)n1. The fraction of sp³-hybridized carbons (Fsp3) is 0.310. The average molecular weight is 472 g/mol. The Morgan fingerprint density at radius 1 is 1.17 bits per heavy atom. The Labute approximate surface area is 206 Å². The van der Waals surface area contributed by atoms with Crippen LogP contribution in [0.15, 0.2) is 66.7 Å². The minimum atomic E-state index is -0.0998. The van der Waals surface area contributed by atoms with E-state index in [2.05, 4.69) is 42.1 Å². The normalized spacial score (nSPS) is 14.8. The Hall–Kier alpha value is -3.80. The van der Waals surface area contributed by atoms with Gasteiger partial charge in [-0.2, -0.15) is 5.10 Å². The first-order chi connectivity index (χ1) is 16.9. The van der Waals surface area contributed by atoms with Crippen LogP contribution in [0, 0.1) is 12.8 Å². The summed E-state index contributed by atoms with van der Waals surface area (Å²) in [5.74, 6) is 1.54. The van der Waals surface area contributed by atoms with Crippen molar-refractivity contribution >= 4 is 23.6 Å². The molecule has 1 aliphatic carbocycles. The van der Waals surface area contributed by atoms with E-state index in [0.717, 1.165) is 60.1 Å². The van der Waals surface area contributed by atoms with Gasteiger partial charge in [0.2, 0.25) is 0 Å². The largest absolute Gasteiger partial charge is 0.506 e. The highest BCUT2D eigenvalue weighted by Crippen LogP contribution is 2.34. The molecular formula is C29H33N3O3. The summed E-state index contributed by atoms with van der Waals surface area (Å²) >= 11 is 0. The lowest BCUT2D eigenvalue weighted by atomic mass is 9.82. The molecule has 2 N–H and O–H groups in total. The van der Waals surface area contributed by atoms with E-state index < -0.39 is 0 Å². The van der Waals surface area contributed by atoms with Gasteiger partial charge in [-0.05, 0) is 61.1 Å². The molecule has 0 unspecified atom stereocenters. The summed E-state index contributed by atoms with van der Waals surface area (Å²) < 4.78 is 7.63. The zero-order valence-electron chi connectivity index (χ0n) is 20.5. The number of carbonyl (C=O) groups is 1. The Balaban J connectivity index is 1.63. The Bertz CT molecular complexity index is 1220. The number of aliphatic hydroxyl groups excluding tert-OH is 1. The molecule has 1 fully saturated rings. The van der Waals surface area contributed by atoms with Gasteiger partial charge in [-0.1, -0.05) is 55.7 Å². The number of anilines is 1. The maximum absolute atomic E-state index is 12.4. The minimum absolute atomic E-state index is 0.0998. The van der Waals surface area contributed by atoms with Crippen molar-refractivity contribution in [3.63, 3.8) is 0 Å². The van der Waals surface area contributed by atoms with Crippen molar-refractivity contribution in [1.29, 1.82) is 0 Å². The van der Waals surface area contributed by atoms with E-state index in [0.29, 0.717) is 18.1 Å². The van der Waals surface area contributed by atoms with Crippen LogP contribution in [0.4, 0.5) is 5.82 Å². The lowest BCUT2D eigenvalue weighted by Gasteiger charge is -2.25. The zero-order chi connectivity index (χ0) is 24.8. The van der Waals surface area contributed by atoms with Crippen LogP contribution in [0.25, 0.3) is 11.5 Å². The summed E-state index contributed by atoms with van der Waals surface area (Å²) in [5.41, 5.74) is 5.13. The quantitative estimate of drug-likeness (QED) is 0.213. The standard InChI is InChI=1S/C29H33N3O3/c1-20-8-7-9-22(16-20)19-35-25-14-12-24(13-15-25)29(26(18-33)23-10-5-4-6-11-23)30-28-17-27(21(2)34)31-32(28)3/h7-9,12-18,23,30,34H,2,4-6,10-11,19H2,1,3H3/b29-26+. The number of hydrogen-bond acceptors (Lipinski definition) is 5. The summed E-state index contributed by atoms with van der Waals surface area (Å²) in [6, 6.07) is 17.8. The van der Waals surface area contributed by atoms with Crippen molar-refractivity contribution < 1.29 is 14.6 Å². The van der Waals surface area contributed by atoms with Gasteiger partial charge in [0.25, 0.3) is 0 Å². The van der Waals surface area contributed by atoms with Crippen molar-refractivity contribution in [3.8, 4) is 5.75 Å². The number of allylic oxidation sites excluding steroid dienone is 1. The number of nitrogens with one attached hydrogen (secondary N) is 1. The third-order valence-electron chi connectivity index (χ3n) is 6.52. The first-order valence-corrected chi connectivity index (χ1v) is 12.1. The number of aryl methyl sites for hydroxylation is 2. The van der Waals surface area contributed by atoms with Gasteiger partial charge in [-0.3, -0.25) is 9.48 Å². The molecule has 0 spiro atoms. The predicted octanol–water partition coefficient (Wildman–Crippen LogP) is 6.44. The van der Waals surface area contributed by atoms with Gasteiger partial charge in [-0.25, -0.2) is 0 Å². The average Bonchev–Trinajstić information content (AvgIpc) is 3.24. The van der Waals surface area contributed by atoms with Gasteiger partial charge in [0.1, 0.15) is 35.9 Å². The molecule has 0 saturated heterocycles. The molecule has 0 amide bonds. The van der Waals surface area contributed by atoms with E-state index in [1.54, 1.807) is 17.8 Å². The fourth-order valence-electron chi connectivity index (χ4n) is 4.62. The van der Waals surface area contributed by atoms with Gasteiger partial charge in [0.15, 0.2) is 0 Å².